The Hall–Kier alpha value is -3.48. The Morgan fingerprint density at radius 3 is 1.88 bits per heavy atom. The molecule has 0 saturated carbocycles. The molecule has 0 aliphatic heterocycles. The lowest BCUT2D eigenvalue weighted by Gasteiger charge is -2.28. The smallest absolute Gasteiger partial charge is 0.326 e. The van der Waals surface area contributed by atoms with Crippen molar-refractivity contribution >= 4 is 29.7 Å². The molecule has 0 spiro atoms. The first kappa shape index (κ1) is 27.6. The van der Waals surface area contributed by atoms with Crippen LogP contribution in [-0.2, 0) is 30.4 Å². The minimum absolute atomic E-state index is 0.0357. The van der Waals surface area contributed by atoms with Gasteiger partial charge < -0.3 is 36.9 Å². The van der Waals surface area contributed by atoms with Crippen molar-refractivity contribution < 1.29 is 34.2 Å². The quantitative estimate of drug-likeness (QED) is 0.181. The second kappa shape index (κ2) is 12.5. The van der Waals surface area contributed by atoms with Crippen LogP contribution >= 0.6 is 0 Å². The fourth-order valence-corrected chi connectivity index (χ4v) is 2.93. The lowest BCUT2D eigenvalue weighted by atomic mass is 9.98. The number of carbonyl (C=O) groups is 5. The van der Waals surface area contributed by atoms with Gasteiger partial charge in [-0.15, -0.1) is 0 Å². The van der Waals surface area contributed by atoms with E-state index < -0.39 is 72.1 Å². The van der Waals surface area contributed by atoms with Crippen molar-refractivity contribution in [2.45, 2.75) is 64.7 Å². The lowest BCUT2D eigenvalue weighted by molar-refractivity contribution is -0.142. The number of rotatable bonds is 13. The van der Waals surface area contributed by atoms with Crippen LogP contribution in [0.5, 0.6) is 0 Å². The number of carboxylic acid groups (broad SMARTS) is 2. The number of carboxylic acids is 2. The van der Waals surface area contributed by atoms with Gasteiger partial charge in [-0.05, 0) is 11.8 Å². The van der Waals surface area contributed by atoms with Crippen LogP contribution in [0.25, 0.3) is 0 Å². The summed E-state index contributed by atoms with van der Waals surface area (Å²) >= 11 is 0. The largest absolute Gasteiger partial charge is 0.481 e. The van der Waals surface area contributed by atoms with Gasteiger partial charge in [0.2, 0.25) is 17.7 Å². The Kier molecular flexibility index (Phi) is 10.5. The van der Waals surface area contributed by atoms with Crippen LogP contribution in [-0.4, -0.2) is 74.0 Å². The number of imidazole rings is 1. The minimum Gasteiger partial charge on any atom is -0.481 e. The van der Waals surface area contributed by atoms with Gasteiger partial charge >= 0.3 is 11.9 Å². The summed E-state index contributed by atoms with van der Waals surface area (Å²) in [6.07, 6.45) is 2.18. The number of aliphatic carboxylic acids is 2. The zero-order valence-corrected chi connectivity index (χ0v) is 19.0. The molecule has 1 rings (SSSR count). The Labute approximate surface area is 190 Å². The van der Waals surface area contributed by atoms with Gasteiger partial charge in [-0.2, -0.15) is 0 Å². The zero-order chi connectivity index (χ0) is 25.3. The molecule has 4 unspecified atom stereocenters. The van der Waals surface area contributed by atoms with Crippen LogP contribution in [0, 0.1) is 11.8 Å². The maximum Gasteiger partial charge on any atom is 0.326 e. The third-order valence-electron chi connectivity index (χ3n) is 4.82. The average molecular weight is 469 g/mol. The summed E-state index contributed by atoms with van der Waals surface area (Å²) in [4.78, 5) is 66.8. The molecule has 13 heteroatoms. The summed E-state index contributed by atoms with van der Waals surface area (Å²) in [5.74, 6) is -5.55. The van der Waals surface area contributed by atoms with Crippen molar-refractivity contribution in [2.24, 2.45) is 17.6 Å². The first-order valence-electron chi connectivity index (χ1n) is 10.4. The van der Waals surface area contributed by atoms with E-state index in [4.69, 9.17) is 10.8 Å². The molecular formula is C20H32N6O7. The summed E-state index contributed by atoms with van der Waals surface area (Å²) < 4.78 is 0. The maximum atomic E-state index is 12.9. The molecule has 1 aromatic rings. The van der Waals surface area contributed by atoms with Gasteiger partial charge in [0.1, 0.15) is 18.1 Å². The highest BCUT2D eigenvalue weighted by Crippen LogP contribution is 2.08. The third kappa shape index (κ3) is 8.88. The Balaban J connectivity index is 2.90. The molecule has 184 valence electrons. The molecule has 33 heavy (non-hydrogen) atoms. The lowest BCUT2D eigenvalue weighted by Crippen LogP contribution is -2.59. The van der Waals surface area contributed by atoms with Crippen molar-refractivity contribution in [3.8, 4) is 0 Å². The van der Waals surface area contributed by atoms with E-state index in [1.165, 1.54) is 12.5 Å². The number of hydrogen-bond donors (Lipinski definition) is 7. The van der Waals surface area contributed by atoms with Crippen molar-refractivity contribution in [1.82, 2.24) is 25.9 Å². The summed E-state index contributed by atoms with van der Waals surface area (Å²) in [5, 5.41) is 25.6. The van der Waals surface area contributed by atoms with Gasteiger partial charge in [-0.3, -0.25) is 19.2 Å². The van der Waals surface area contributed by atoms with Gasteiger partial charge in [0.15, 0.2) is 0 Å². The van der Waals surface area contributed by atoms with Crippen LogP contribution in [0.2, 0.25) is 0 Å². The number of nitrogens with zero attached hydrogens (tertiary/aromatic N) is 1. The molecular weight excluding hydrogens is 436 g/mol. The van der Waals surface area contributed by atoms with E-state index in [0.29, 0.717) is 5.69 Å². The monoisotopic (exact) mass is 468 g/mol. The van der Waals surface area contributed by atoms with E-state index in [0.717, 1.165) is 0 Å². The number of H-pyrrole nitrogens is 1. The van der Waals surface area contributed by atoms with E-state index >= 15 is 0 Å². The molecule has 0 aromatic carbocycles. The number of carbonyl (C=O) groups excluding carboxylic acids is 3. The molecule has 0 radical (unpaired) electrons. The van der Waals surface area contributed by atoms with E-state index in [9.17, 15) is 29.1 Å². The second-order valence-corrected chi connectivity index (χ2v) is 8.35. The second-order valence-electron chi connectivity index (χ2n) is 8.35. The van der Waals surface area contributed by atoms with E-state index in [-0.39, 0.29) is 6.42 Å². The highest BCUT2D eigenvalue weighted by Gasteiger charge is 2.33. The highest BCUT2D eigenvalue weighted by atomic mass is 16.4. The molecule has 3 amide bonds. The zero-order valence-electron chi connectivity index (χ0n) is 19.0. The molecule has 0 saturated heterocycles. The Morgan fingerprint density at radius 1 is 0.939 bits per heavy atom. The van der Waals surface area contributed by atoms with Crippen LogP contribution in [0.4, 0.5) is 0 Å². The molecule has 1 heterocycles. The molecule has 0 aliphatic carbocycles. The van der Waals surface area contributed by atoms with Crippen molar-refractivity contribution in [3.05, 3.63) is 18.2 Å². The topological polar surface area (TPSA) is 217 Å². The number of amides is 3. The summed E-state index contributed by atoms with van der Waals surface area (Å²) in [6.45, 7) is 6.65. The third-order valence-corrected chi connectivity index (χ3v) is 4.82. The molecule has 0 aliphatic rings. The van der Waals surface area contributed by atoms with Crippen LogP contribution in [0.3, 0.4) is 0 Å². The standard InChI is InChI=1S/C20H32N6O7/c1-9(2)15(18(30)24-13(20(32)33)5-11-7-22-8-23-11)26-19(31)16(10(3)4)25-17(29)12(21)6-14(27)28/h7-10,12-13,15-16H,5-6,21H2,1-4H3,(H,22,23)(H,24,30)(H,25,29)(H,26,31)(H,27,28)(H,32,33). The molecule has 1 aromatic heterocycles. The van der Waals surface area contributed by atoms with Crippen LogP contribution in [0.1, 0.15) is 39.8 Å². The molecule has 0 fully saturated rings. The average Bonchev–Trinajstić information content (AvgIpc) is 3.21. The number of nitrogens with two attached hydrogens (primary N) is 1. The highest BCUT2D eigenvalue weighted by molar-refractivity contribution is 5.95. The minimum atomic E-state index is -1.35. The maximum absolute atomic E-state index is 12.9. The van der Waals surface area contributed by atoms with Gasteiger partial charge in [0.05, 0.1) is 18.8 Å². The Morgan fingerprint density at radius 2 is 1.45 bits per heavy atom. The summed E-state index contributed by atoms with van der Waals surface area (Å²) in [7, 11) is 0. The van der Waals surface area contributed by atoms with Gasteiger partial charge in [0, 0.05) is 18.3 Å². The van der Waals surface area contributed by atoms with Crippen molar-refractivity contribution in [3.63, 3.8) is 0 Å². The summed E-state index contributed by atoms with van der Waals surface area (Å²) in [5.41, 5.74) is 6.06. The van der Waals surface area contributed by atoms with E-state index in [1.54, 1.807) is 27.7 Å². The first-order valence-corrected chi connectivity index (χ1v) is 10.4. The Bertz CT molecular complexity index is 840. The predicted octanol–water partition coefficient (Wildman–Crippen LogP) is -1.39. The number of aromatic amines is 1. The molecule has 13 nitrogen and oxygen atoms in total. The first-order chi connectivity index (χ1) is 15.3. The van der Waals surface area contributed by atoms with Crippen molar-refractivity contribution in [1.29, 1.82) is 0 Å². The fourth-order valence-electron chi connectivity index (χ4n) is 2.93. The van der Waals surface area contributed by atoms with Crippen LogP contribution < -0.4 is 21.7 Å². The normalized spacial score (nSPS) is 14.8. The van der Waals surface area contributed by atoms with E-state index in [1.807, 2.05) is 0 Å². The number of aromatic nitrogens is 2. The molecule has 4 atom stereocenters. The van der Waals surface area contributed by atoms with Gasteiger partial charge in [-0.1, -0.05) is 27.7 Å². The number of hydrogen-bond acceptors (Lipinski definition) is 7. The van der Waals surface area contributed by atoms with Gasteiger partial charge in [-0.25, -0.2) is 9.78 Å². The predicted molar refractivity (Wildman–Crippen MR) is 116 cm³/mol. The SMILES string of the molecule is CC(C)C(NC(=O)C(N)CC(=O)O)C(=O)NC(C(=O)NC(Cc1cnc[nH]1)C(=O)O)C(C)C. The van der Waals surface area contributed by atoms with Crippen LogP contribution in [0.15, 0.2) is 12.5 Å². The fraction of sp³-hybridized carbons (Fsp3) is 0.600. The number of nitrogens with one attached hydrogen (secondary N) is 4. The molecule has 0 bridgehead atoms. The summed E-state index contributed by atoms with van der Waals surface area (Å²) in [6, 6.07) is -4.79. The van der Waals surface area contributed by atoms with E-state index in [2.05, 4.69) is 25.9 Å². The van der Waals surface area contributed by atoms with Gasteiger partial charge in [0.25, 0.3) is 0 Å². The molecule has 8 N–H and O–H groups in total. The van der Waals surface area contributed by atoms with Crippen molar-refractivity contribution in [2.75, 3.05) is 0 Å².